The van der Waals surface area contributed by atoms with Crippen molar-refractivity contribution in [2.24, 2.45) is 22.2 Å². The summed E-state index contributed by atoms with van der Waals surface area (Å²) < 4.78 is 0. The molecule has 74 valence electrons. The molecule has 14 heavy (non-hydrogen) atoms. The lowest BCUT2D eigenvalue weighted by Crippen LogP contribution is -2.27. The summed E-state index contributed by atoms with van der Waals surface area (Å²) in [6.45, 7) is 17.9. The van der Waals surface area contributed by atoms with E-state index >= 15 is 0 Å². The molecule has 0 aliphatic heterocycles. The minimum absolute atomic E-state index is 0.0856. The summed E-state index contributed by atoms with van der Waals surface area (Å²) in [6, 6.07) is 0. The third-order valence-electron chi connectivity index (χ3n) is 5.63. The molecular formula is C14H18. The zero-order valence-corrected chi connectivity index (χ0v) is 9.57. The smallest absolute Gasteiger partial charge is 0.0281 e. The van der Waals surface area contributed by atoms with Gasteiger partial charge in [-0.05, 0) is 19.8 Å². The van der Waals surface area contributed by atoms with E-state index in [9.17, 15) is 0 Å². The molecule has 4 rings (SSSR count). The summed E-state index contributed by atoms with van der Waals surface area (Å²) in [5, 5.41) is 0. The van der Waals surface area contributed by atoms with Crippen LogP contribution in [0.5, 0.6) is 0 Å². The Morgan fingerprint density at radius 1 is 1.07 bits per heavy atom. The Morgan fingerprint density at radius 2 is 1.50 bits per heavy atom. The zero-order valence-electron chi connectivity index (χ0n) is 9.57. The van der Waals surface area contributed by atoms with Crippen LogP contribution in [-0.4, -0.2) is 0 Å². The molecule has 0 aromatic heterocycles. The Bertz CT molecular complexity index is 395. The van der Waals surface area contributed by atoms with Crippen LogP contribution < -0.4 is 0 Å². The van der Waals surface area contributed by atoms with E-state index in [0.29, 0.717) is 16.7 Å². The van der Waals surface area contributed by atoms with Crippen LogP contribution in [0.1, 0.15) is 27.7 Å². The van der Waals surface area contributed by atoms with Crippen LogP contribution in [0.2, 0.25) is 0 Å². The third kappa shape index (κ3) is 0.447. The normalized spacial score (nSPS) is 58.9. The quantitative estimate of drug-likeness (QED) is 0.506. The maximum atomic E-state index is 4.33. The van der Waals surface area contributed by atoms with Crippen molar-refractivity contribution in [3.05, 3.63) is 36.0 Å². The second kappa shape index (κ2) is 1.68. The molecule has 4 aliphatic rings. The Hall–Kier alpha value is -0.780. The van der Waals surface area contributed by atoms with Gasteiger partial charge in [0.15, 0.2) is 0 Å². The highest BCUT2D eigenvalue weighted by molar-refractivity contribution is 5.65. The molecule has 0 aromatic carbocycles. The Labute approximate surface area is 86.4 Å². The van der Waals surface area contributed by atoms with E-state index in [1.54, 1.807) is 5.57 Å². The molecule has 0 saturated heterocycles. The molecule has 0 N–H and O–H groups in total. The van der Waals surface area contributed by atoms with Gasteiger partial charge in [-0.1, -0.05) is 49.8 Å². The number of hydrogen-bond donors (Lipinski definition) is 0. The number of allylic oxidation sites excluding steroid dienone is 4. The van der Waals surface area contributed by atoms with Gasteiger partial charge in [-0.2, -0.15) is 0 Å². The van der Waals surface area contributed by atoms with Gasteiger partial charge >= 0.3 is 0 Å². The van der Waals surface area contributed by atoms with Crippen LogP contribution in [-0.2, 0) is 0 Å². The molecule has 0 radical (unpaired) electrons. The molecule has 4 bridgehead atoms. The van der Waals surface area contributed by atoms with Crippen molar-refractivity contribution in [1.82, 2.24) is 0 Å². The fourth-order valence-corrected chi connectivity index (χ4v) is 4.66. The van der Waals surface area contributed by atoms with E-state index in [1.165, 1.54) is 11.1 Å². The molecule has 2 unspecified atom stereocenters. The Kier molecular flexibility index (Phi) is 1.03. The molecule has 0 amide bonds. The maximum Gasteiger partial charge on any atom is 0.0281 e. The summed E-state index contributed by atoms with van der Waals surface area (Å²) in [7, 11) is 0. The van der Waals surface area contributed by atoms with Crippen LogP contribution in [0.3, 0.4) is 0 Å². The Balaban J connectivity index is 2.38. The van der Waals surface area contributed by atoms with Gasteiger partial charge in [0.1, 0.15) is 0 Å². The molecule has 2 atom stereocenters. The molecule has 0 spiro atoms. The van der Waals surface area contributed by atoms with Crippen molar-refractivity contribution in [3.8, 4) is 0 Å². The first kappa shape index (κ1) is 8.52. The average Bonchev–Trinajstić information content (AvgIpc) is 2.59. The Morgan fingerprint density at radius 3 is 1.86 bits per heavy atom. The van der Waals surface area contributed by atoms with Gasteiger partial charge in [0.2, 0.25) is 0 Å². The second-order valence-electron chi connectivity index (χ2n) is 5.89. The molecular weight excluding hydrogens is 168 g/mol. The predicted octanol–water partition coefficient (Wildman–Crippen LogP) is 3.72. The van der Waals surface area contributed by atoms with Gasteiger partial charge in [0.05, 0.1) is 0 Å². The van der Waals surface area contributed by atoms with E-state index in [2.05, 4.69) is 46.9 Å². The second-order valence-corrected chi connectivity index (χ2v) is 5.89. The van der Waals surface area contributed by atoms with Crippen molar-refractivity contribution >= 4 is 0 Å². The van der Waals surface area contributed by atoms with Crippen molar-refractivity contribution < 1.29 is 0 Å². The van der Waals surface area contributed by atoms with Crippen LogP contribution >= 0.6 is 0 Å². The summed E-state index contributed by atoms with van der Waals surface area (Å²) >= 11 is 0. The standard InChI is InChI=1S/C14H18/c1-8-7-12(4)9(2)13(5)11(8)14(13,6)10(12)3/h7,11H,2-3H2,1,4-6H3. The van der Waals surface area contributed by atoms with Crippen LogP contribution in [0, 0.1) is 22.2 Å². The molecule has 0 heterocycles. The van der Waals surface area contributed by atoms with E-state index in [0.717, 1.165) is 0 Å². The van der Waals surface area contributed by atoms with Gasteiger partial charge in [-0.3, -0.25) is 0 Å². The van der Waals surface area contributed by atoms with E-state index in [-0.39, 0.29) is 5.41 Å². The molecule has 0 heteroatoms. The fraction of sp³-hybridized carbons (Fsp3) is 0.571. The zero-order chi connectivity index (χ0) is 10.5. The van der Waals surface area contributed by atoms with Crippen LogP contribution in [0.15, 0.2) is 36.0 Å². The number of rotatable bonds is 0. The summed E-state index contributed by atoms with van der Waals surface area (Å²) in [5.74, 6) is 0.692. The maximum absolute atomic E-state index is 4.33. The summed E-state index contributed by atoms with van der Waals surface area (Å²) in [5.41, 5.74) is 5.07. The molecule has 4 aliphatic carbocycles. The van der Waals surface area contributed by atoms with Gasteiger partial charge in [0.25, 0.3) is 0 Å². The minimum Gasteiger partial charge on any atom is -0.0981 e. The SMILES string of the molecule is C=C1C2(C)C=C(C)C3C1(C)C3(C)C2=C. The minimum atomic E-state index is 0.0856. The van der Waals surface area contributed by atoms with Crippen molar-refractivity contribution in [2.45, 2.75) is 27.7 Å². The number of hydrogen-bond acceptors (Lipinski definition) is 0. The van der Waals surface area contributed by atoms with Gasteiger partial charge in [-0.15, -0.1) is 0 Å². The summed E-state index contributed by atoms with van der Waals surface area (Å²) in [6.07, 6.45) is 2.39. The highest BCUT2D eigenvalue weighted by Crippen LogP contribution is 2.89. The lowest BCUT2D eigenvalue weighted by molar-refractivity contribution is 0.475. The lowest BCUT2D eigenvalue weighted by Gasteiger charge is -2.37. The molecule has 0 aromatic rings. The fourth-order valence-electron chi connectivity index (χ4n) is 4.66. The third-order valence-corrected chi connectivity index (χ3v) is 5.63. The first-order valence-corrected chi connectivity index (χ1v) is 5.40. The topological polar surface area (TPSA) is 0 Å². The van der Waals surface area contributed by atoms with Gasteiger partial charge in [0, 0.05) is 16.2 Å². The lowest BCUT2D eigenvalue weighted by atomic mass is 9.66. The van der Waals surface area contributed by atoms with Crippen molar-refractivity contribution in [3.63, 3.8) is 0 Å². The van der Waals surface area contributed by atoms with Crippen molar-refractivity contribution in [1.29, 1.82) is 0 Å². The van der Waals surface area contributed by atoms with Gasteiger partial charge < -0.3 is 0 Å². The molecule has 2 fully saturated rings. The first-order chi connectivity index (χ1) is 6.31. The molecule has 0 nitrogen and oxygen atoms in total. The average molecular weight is 186 g/mol. The van der Waals surface area contributed by atoms with Crippen LogP contribution in [0.4, 0.5) is 0 Å². The first-order valence-electron chi connectivity index (χ1n) is 5.40. The van der Waals surface area contributed by atoms with E-state index < -0.39 is 0 Å². The highest BCUT2D eigenvalue weighted by Gasteiger charge is 2.82. The molecule has 2 saturated carbocycles. The van der Waals surface area contributed by atoms with E-state index in [4.69, 9.17) is 0 Å². The monoisotopic (exact) mass is 186 g/mol. The van der Waals surface area contributed by atoms with Crippen LogP contribution in [0.25, 0.3) is 0 Å². The van der Waals surface area contributed by atoms with Crippen molar-refractivity contribution in [2.75, 3.05) is 0 Å². The highest BCUT2D eigenvalue weighted by atomic mass is 14.8. The summed E-state index contributed by atoms with van der Waals surface area (Å²) in [4.78, 5) is 0. The van der Waals surface area contributed by atoms with E-state index in [1.807, 2.05) is 0 Å². The largest absolute Gasteiger partial charge is 0.0981 e. The van der Waals surface area contributed by atoms with Gasteiger partial charge in [-0.25, -0.2) is 0 Å². The predicted molar refractivity (Wildman–Crippen MR) is 59.8 cm³/mol.